The fraction of sp³-hybridized carbons (Fsp3) is 0.500. The summed E-state index contributed by atoms with van der Waals surface area (Å²) in [5, 5.41) is 10.8. The van der Waals surface area contributed by atoms with Gasteiger partial charge in [0.15, 0.2) is 5.75 Å². The van der Waals surface area contributed by atoms with Crippen LogP contribution in [0.5, 0.6) is 5.75 Å². The molecule has 0 aromatic heterocycles. The number of hydrogen-bond donors (Lipinski definition) is 0. The van der Waals surface area contributed by atoms with Crippen LogP contribution in [0.4, 0.5) is 5.69 Å². The Morgan fingerprint density at radius 1 is 1.35 bits per heavy atom. The number of nitro benzene ring substituents is 1. The molecule has 90 valence electrons. The Hall–Kier alpha value is -1.62. The van der Waals surface area contributed by atoms with Crippen molar-refractivity contribution in [3.63, 3.8) is 0 Å². The zero-order valence-electron chi connectivity index (χ0n) is 9.24. The molecule has 3 rings (SSSR count). The first-order valence-corrected chi connectivity index (χ1v) is 5.81. The molecule has 1 saturated heterocycles. The summed E-state index contributed by atoms with van der Waals surface area (Å²) in [4.78, 5) is 10.4. The predicted octanol–water partition coefficient (Wildman–Crippen LogP) is 2.29. The van der Waals surface area contributed by atoms with Gasteiger partial charge in [-0.05, 0) is 25.3 Å². The topological polar surface area (TPSA) is 64.9 Å². The molecule has 2 aliphatic rings. The molecule has 1 aromatic carbocycles. The normalized spacial score (nSPS) is 30.5. The Morgan fingerprint density at radius 2 is 2.18 bits per heavy atom. The summed E-state index contributed by atoms with van der Waals surface area (Å²) in [6.07, 6.45) is 3.48. The molecular weight excluding hydrogens is 222 g/mol. The van der Waals surface area contributed by atoms with Crippen LogP contribution in [0, 0.1) is 10.1 Å². The Labute approximate surface area is 98.5 Å². The lowest BCUT2D eigenvalue weighted by Gasteiger charge is -2.19. The molecule has 5 nitrogen and oxygen atoms in total. The highest BCUT2D eigenvalue weighted by molar-refractivity contribution is 5.45. The number of fused-ring (bicyclic) bond motifs is 1. The van der Waals surface area contributed by atoms with E-state index >= 15 is 0 Å². The Morgan fingerprint density at radius 3 is 3.00 bits per heavy atom. The summed E-state index contributed by atoms with van der Waals surface area (Å²) in [5.74, 6) is 0.346. The SMILES string of the molecule is O=[N+]([O-])c1ccccc1O[C@H]1CCC[C@H]2O[C@@H]12. The van der Waals surface area contributed by atoms with Gasteiger partial charge in [-0.25, -0.2) is 0 Å². The Bertz CT molecular complexity index is 448. The van der Waals surface area contributed by atoms with E-state index in [4.69, 9.17) is 9.47 Å². The van der Waals surface area contributed by atoms with Crippen molar-refractivity contribution in [1.82, 2.24) is 0 Å². The number of nitrogens with zero attached hydrogens (tertiary/aromatic N) is 1. The zero-order chi connectivity index (χ0) is 11.8. The first kappa shape index (κ1) is 10.5. The van der Waals surface area contributed by atoms with Crippen LogP contribution in [0.3, 0.4) is 0 Å². The van der Waals surface area contributed by atoms with E-state index in [1.54, 1.807) is 18.2 Å². The summed E-state index contributed by atoms with van der Waals surface area (Å²) in [5.41, 5.74) is 0.0234. The molecule has 3 atom stereocenters. The third-order valence-corrected chi connectivity index (χ3v) is 3.31. The number of rotatable bonds is 3. The number of benzene rings is 1. The maximum atomic E-state index is 10.8. The summed E-state index contributed by atoms with van der Waals surface area (Å²) in [6.45, 7) is 0. The lowest BCUT2D eigenvalue weighted by molar-refractivity contribution is -0.386. The first-order chi connectivity index (χ1) is 8.25. The van der Waals surface area contributed by atoms with E-state index in [0.29, 0.717) is 11.9 Å². The van der Waals surface area contributed by atoms with Crippen molar-refractivity contribution >= 4 is 5.69 Å². The van der Waals surface area contributed by atoms with Crippen LogP contribution in [0.25, 0.3) is 0 Å². The smallest absolute Gasteiger partial charge is 0.310 e. The summed E-state index contributed by atoms with van der Waals surface area (Å²) in [6, 6.07) is 6.49. The summed E-state index contributed by atoms with van der Waals surface area (Å²) >= 11 is 0. The Kier molecular flexibility index (Phi) is 2.48. The minimum absolute atomic E-state index is 0.0234. The average Bonchev–Trinajstić information content (AvgIpc) is 3.09. The third kappa shape index (κ3) is 1.98. The second kappa shape index (κ2) is 4.00. The molecular formula is C12H13NO4. The minimum atomic E-state index is -0.413. The van der Waals surface area contributed by atoms with Crippen molar-refractivity contribution in [2.75, 3.05) is 0 Å². The van der Waals surface area contributed by atoms with E-state index in [-0.39, 0.29) is 17.9 Å². The maximum absolute atomic E-state index is 10.8. The molecule has 17 heavy (non-hydrogen) atoms. The molecule has 0 N–H and O–H groups in total. The van der Waals surface area contributed by atoms with E-state index in [0.717, 1.165) is 19.3 Å². The molecule has 0 amide bonds. The molecule has 0 radical (unpaired) electrons. The third-order valence-electron chi connectivity index (χ3n) is 3.31. The van der Waals surface area contributed by atoms with Gasteiger partial charge in [0.2, 0.25) is 0 Å². The van der Waals surface area contributed by atoms with E-state index in [1.165, 1.54) is 6.07 Å². The van der Waals surface area contributed by atoms with E-state index < -0.39 is 4.92 Å². The van der Waals surface area contributed by atoms with Crippen LogP contribution in [0.1, 0.15) is 19.3 Å². The highest BCUT2D eigenvalue weighted by atomic mass is 16.6. The molecule has 5 heteroatoms. The van der Waals surface area contributed by atoms with Gasteiger partial charge in [-0.15, -0.1) is 0 Å². The molecule has 1 aliphatic carbocycles. The van der Waals surface area contributed by atoms with Crippen molar-refractivity contribution < 1.29 is 14.4 Å². The number of hydrogen-bond acceptors (Lipinski definition) is 4. The lowest BCUT2D eigenvalue weighted by Crippen LogP contribution is -2.28. The number of ether oxygens (including phenoxy) is 2. The average molecular weight is 235 g/mol. The quantitative estimate of drug-likeness (QED) is 0.458. The molecule has 0 spiro atoms. The van der Waals surface area contributed by atoms with E-state index in [9.17, 15) is 10.1 Å². The van der Waals surface area contributed by atoms with Crippen molar-refractivity contribution in [2.24, 2.45) is 0 Å². The van der Waals surface area contributed by atoms with Crippen LogP contribution in [-0.4, -0.2) is 23.2 Å². The standard InChI is InChI=1S/C12H13NO4/c14-13(15)8-4-1-2-5-9(8)16-10-6-3-7-11-12(10)17-11/h1-2,4-5,10-12H,3,6-7H2/t10-,11+,12-/m0/s1. The van der Waals surface area contributed by atoms with Gasteiger partial charge < -0.3 is 9.47 Å². The van der Waals surface area contributed by atoms with Gasteiger partial charge in [0.1, 0.15) is 12.2 Å². The molecule has 1 aliphatic heterocycles. The van der Waals surface area contributed by atoms with Crippen molar-refractivity contribution in [1.29, 1.82) is 0 Å². The van der Waals surface area contributed by atoms with Crippen molar-refractivity contribution in [3.05, 3.63) is 34.4 Å². The zero-order valence-corrected chi connectivity index (χ0v) is 9.24. The molecule has 2 fully saturated rings. The highest BCUT2D eigenvalue weighted by Gasteiger charge is 2.49. The number of epoxide rings is 1. The van der Waals surface area contributed by atoms with Gasteiger partial charge in [0.05, 0.1) is 11.0 Å². The highest BCUT2D eigenvalue weighted by Crippen LogP contribution is 2.39. The summed E-state index contributed by atoms with van der Waals surface area (Å²) in [7, 11) is 0. The molecule has 0 bridgehead atoms. The van der Waals surface area contributed by atoms with Crippen molar-refractivity contribution in [2.45, 2.75) is 37.6 Å². The van der Waals surface area contributed by atoms with E-state index in [2.05, 4.69) is 0 Å². The maximum Gasteiger partial charge on any atom is 0.310 e. The van der Waals surface area contributed by atoms with Gasteiger partial charge >= 0.3 is 5.69 Å². The monoisotopic (exact) mass is 235 g/mol. The molecule has 1 saturated carbocycles. The molecule has 0 unspecified atom stereocenters. The fourth-order valence-corrected chi connectivity index (χ4v) is 2.40. The van der Waals surface area contributed by atoms with Crippen LogP contribution < -0.4 is 4.74 Å². The second-order valence-corrected chi connectivity index (χ2v) is 4.45. The Balaban J connectivity index is 1.78. The number of nitro groups is 1. The van der Waals surface area contributed by atoms with Gasteiger partial charge in [0.25, 0.3) is 0 Å². The minimum Gasteiger partial charge on any atom is -0.481 e. The second-order valence-electron chi connectivity index (χ2n) is 4.45. The van der Waals surface area contributed by atoms with Gasteiger partial charge in [-0.2, -0.15) is 0 Å². The van der Waals surface area contributed by atoms with Gasteiger partial charge in [0, 0.05) is 6.07 Å². The fourth-order valence-electron chi connectivity index (χ4n) is 2.40. The number of para-hydroxylation sites is 2. The van der Waals surface area contributed by atoms with Crippen LogP contribution in [0.2, 0.25) is 0 Å². The van der Waals surface area contributed by atoms with Crippen LogP contribution >= 0.6 is 0 Å². The predicted molar refractivity (Wildman–Crippen MR) is 60.0 cm³/mol. The van der Waals surface area contributed by atoms with Gasteiger partial charge in [-0.3, -0.25) is 10.1 Å². The van der Waals surface area contributed by atoms with Crippen LogP contribution in [0.15, 0.2) is 24.3 Å². The summed E-state index contributed by atoms with van der Waals surface area (Å²) < 4.78 is 11.2. The van der Waals surface area contributed by atoms with Crippen molar-refractivity contribution in [3.8, 4) is 5.75 Å². The van der Waals surface area contributed by atoms with Gasteiger partial charge in [-0.1, -0.05) is 12.1 Å². The lowest BCUT2D eigenvalue weighted by atomic mass is 9.98. The molecule has 1 heterocycles. The molecule has 1 aromatic rings. The largest absolute Gasteiger partial charge is 0.481 e. The first-order valence-electron chi connectivity index (χ1n) is 5.81. The van der Waals surface area contributed by atoms with Crippen LogP contribution in [-0.2, 0) is 4.74 Å². The van der Waals surface area contributed by atoms with E-state index in [1.807, 2.05) is 0 Å².